The maximum Gasteiger partial charge on any atom is 0.327 e. The van der Waals surface area contributed by atoms with Crippen molar-refractivity contribution < 1.29 is 28.7 Å². The smallest absolute Gasteiger partial charge is 0.327 e. The van der Waals surface area contributed by atoms with Gasteiger partial charge in [0.15, 0.2) is 5.75 Å². The van der Waals surface area contributed by atoms with Crippen LogP contribution in [0.3, 0.4) is 0 Å². The molecule has 1 aromatic rings. The van der Waals surface area contributed by atoms with Crippen LogP contribution in [-0.4, -0.2) is 74.0 Å². The van der Waals surface area contributed by atoms with Crippen LogP contribution in [0.4, 0.5) is 5.69 Å². The first kappa shape index (κ1) is 22.3. The van der Waals surface area contributed by atoms with Gasteiger partial charge in [-0.15, -0.1) is 0 Å². The molecule has 0 bridgehead atoms. The van der Waals surface area contributed by atoms with Crippen molar-refractivity contribution in [2.75, 3.05) is 47.5 Å². The van der Waals surface area contributed by atoms with Crippen LogP contribution in [0.1, 0.15) is 30.6 Å². The molecular formula is C19H27N3O7. The Hall–Kier alpha value is -3.04. The van der Waals surface area contributed by atoms with Crippen molar-refractivity contribution in [3.05, 3.63) is 21.7 Å². The molecule has 1 aromatic carbocycles. The molecule has 2 amide bonds. The second kappa shape index (κ2) is 9.44. The van der Waals surface area contributed by atoms with E-state index in [4.69, 9.17) is 14.2 Å². The summed E-state index contributed by atoms with van der Waals surface area (Å²) in [5, 5.41) is 11.7. The van der Waals surface area contributed by atoms with Gasteiger partial charge in [-0.2, -0.15) is 0 Å². The van der Waals surface area contributed by atoms with E-state index in [1.807, 2.05) is 13.8 Å². The van der Waals surface area contributed by atoms with E-state index in [0.29, 0.717) is 19.5 Å². The van der Waals surface area contributed by atoms with Gasteiger partial charge in [-0.3, -0.25) is 19.7 Å². The average Bonchev–Trinajstić information content (AvgIpc) is 2.70. The summed E-state index contributed by atoms with van der Waals surface area (Å²) in [5.41, 5.74) is -0.625. The number of rotatable bonds is 7. The Bertz CT molecular complexity index is 786. The number of amides is 2. The van der Waals surface area contributed by atoms with E-state index in [1.54, 1.807) is 4.90 Å². The second-order valence-electron chi connectivity index (χ2n) is 7.07. The first-order valence-corrected chi connectivity index (χ1v) is 9.29. The number of carbonyl (C=O) groups excluding carboxylic acids is 2. The molecule has 160 valence electrons. The molecule has 29 heavy (non-hydrogen) atoms. The summed E-state index contributed by atoms with van der Waals surface area (Å²) in [6.07, 6.45) is 0.451. The summed E-state index contributed by atoms with van der Waals surface area (Å²) >= 11 is 0. The molecular weight excluding hydrogens is 382 g/mol. The highest BCUT2D eigenvalue weighted by atomic mass is 16.6. The highest BCUT2D eigenvalue weighted by Crippen LogP contribution is 2.46. The lowest BCUT2D eigenvalue weighted by molar-refractivity contribution is -0.386. The lowest BCUT2D eigenvalue weighted by atomic mass is 10.1. The number of benzene rings is 1. The Morgan fingerprint density at radius 2 is 1.59 bits per heavy atom. The van der Waals surface area contributed by atoms with Gasteiger partial charge < -0.3 is 24.0 Å². The van der Waals surface area contributed by atoms with Gasteiger partial charge in [-0.05, 0) is 5.92 Å². The van der Waals surface area contributed by atoms with Gasteiger partial charge in [0.1, 0.15) is 5.56 Å². The van der Waals surface area contributed by atoms with Crippen LogP contribution in [0.5, 0.6) is 17.2 Å². The van der Waals surface area contributed by atoms with Crippen molar-refractivity contribution >= 4 is 17.5 Å². The van der Waals surface area contributed by atoms with Gasteiger partial charge >= 0.3 is 5.69 Å². The minimum absolute atomic E-state index is 0.0438. The fourth-order valence-corrected chi connectivity index (χ4v) is 3.29. The van der Waals surface area contributed by atoms with Crippen LogP contribution in [0.15, 0.2) is 6.07 Å². The molecule has 0 spiro atoms. The number of methoxy groups -OCH3 is 3. The standard InChI is InChI=1S/C19H27N3O7/c1-12(2)10-15(23)20-6-8-21(9-7-20)19(24)13-11-14(27-3)17(28-4)18(29-5)16(13)22(25)26/h11-12H,6-10H2,1-5H3. The number of carbonyl (C=O) groups is 2. The third kappa shape index (κ3) is 4.69. The quantitative estimate of drug-likeness (QED) is 0.500. The monoisotopic (exact) mass is 409 g/mol. The molecule has 0 atom stereocenters. The van der Waals surface area contributed by atoms with E-state index < -0.39 is 16.5 Å². The first-order valence-electron chi connectivity index (χ1n) is 9.29. The normalized spacial score (nSPS) is 14.0. The largest absolute Gasteiger partial charge is 0.493 e. The van der Waals surface area contributed by atoms with Crippen LogP contribution in [0.25, 0.3) is 0 Å². The van der Waals surface area contributed by atoms with Crippen molar-refractivity contribution in [1.82, 2.24) is 9.80 Å². The molecule has 1 fully saturated rings. The summed E-state index contributed by atoms with van der Waals surface area (Å²) in [5.74, 6) is -0.195. The molecule has 0 saturated carbocycles. The molecule has 0 aliphatic carbocycles. The van der Waals surface area contributed by atoms with E-state index in [2.05, 4.69) is 0 Å². The summed E-state index contributed by atoms with van der Waals surface area (Å²) in [6.45, 7) is 5.29. The van der Waals surface area contributed by atoms with Gasteiger partial charge in [0, 0.05) is 38.7 Å². The molecule has 1 aliphatic heterocycles. The Kier molecular flexibility index (Phi) is 7.24. The lowest BCUT2D eigenvalue weighted by Gasteiger charge is -2.35. The van der Waals surface area contributed by atoms with Gasteiger partial charge in [-0.25, -0.2) is 0 Å². The molecule has 0 unspecified atom stereocenters. The van der Waals surface area contributed by atoms with E-state index >= 15 is 0 Å². The van der Waals surface area contributed by atoms with Crippen molar-refractivity contribution in [2.24, 2.45) is 5.92 Å². The Balaban J connectivity index is 2.31. The van der Waals surface area contributed by atoms with Crippen molar-refractivity contribution in [1.29, 1.82) is 0 Å². The average molecular weight is 409 g/mol. The van der Waals surface area contributed by atoms with Crippen molar-refractivity contribution in [2.45, 2.75) is 20.3 Å². The first-order chi connectivity index (χ1) is 13.7. The molecule has 10 nitrogen and oxygen atoms in total. The molecule has 1 saturated heterocycles. The van der Waals surface area contributed by atoms with Gasteiger partial charge in [-0.1, -0.05) is 13.8 Å². The Morgan fingerprint density at radius 1 is 1.03 bits per heavy atom. The third-order valence-electron chi connectivity index (χ3n) is 4.72. The van der Waals surface area contributed by atoms with E-state index in [1.165, 1.54) is 32.3 Å². The fourth-order valence-electron chi connectivity index (χ4n) is 3.29. The van der Waals surface area contributed by atoms with Gasteiger partial charge in [0.2, 0.25) is 17.4 Å². The highest BCUT2D eigenvalue weighted by Gasteiger charge is 2.35. The van der Waals surface area contributed by atoms with Crippen LogP contribution in [0.2, 0.25) is 0 Å². The second-order valence-corrected chi connectivity index (χ2v) is 7.07. The minimum Gasteiger partial charge on any atom is -0.493 e. The third-order valence-corrected chi connectivity index (χ3v) is 4.72. The summed E-state index contributed by atoms with van der Waals surface area (Å²) < 4.78 is 15.6. The summed E-state index contributed by atoms with van der Waals surface area (Å²) in [6, 6.07) is 1.29. The maximum atomic E-state index is 13.1. The number of nitrogens with zero attached hydrogens (tertiary/aromatic N) is 3. The summed E-state index contributed by atoms with van der Waals surface area (Å²) in [7, 11) is 3.97. The fraction of sp³-hybridized carbons (Fsp3) is 0.579. The van der Waals surface area contributed by atoms with Crippen molar-refractivity contribution in [3.8, 4) is 17.2 Å². The lowest BCUT2D eigenvalue weighted by Crippen LogP contribution is -2.50. The van der Waals surface area contributed by atoms with E-state index in [-0.39, 0.29) is 47.7 Å². The zero-order valence-corrected chi connectivity index (χ0v) is 17.4. The number of ether oxygens (including phenoxy) is 3. The van der Waals surface area contributed by atoms with E-state index in [0.717, 1.165) is 0 Å². The van der Waals surface area contributed by atoms with Crippen LogP contribution in [0, 0.1) is 16.0 Å². The number of hydrogen-bond donors (Lipinski definition) is 0. The highest BCUT2D eigenvalue weighted by molar-refractivity contribution is 6.00. The minimum atomic E-state index is -0.670. The number of nitro groups is 1. The molecule has 0 aromatic heterocycles. The topological polar surface area (TPSA) is 111 Å². The molecule has 0 radical (unpaired) electrons. The van der Waals surface area contributed by atoms with Crippen LogP contribution in [-0.2, 0) is 4.79 Å². The molecule has 1 heterocycles. The molecule has 2 rings (SSSR count). The Morgan fingerprint density at radius 3 is 2.03 bits per heavy atom. The van der Waals surface area contributed by atoms with Crippen LogP contribution < -0.4 is 14.2 Å². The van der Waals surface area contributed by atoms with Gasteiger partial charge in [0.05, 0.1) is 26.3 Å². The number of nitro benzene ring substituents is 1. The summed E-state index contributed by atoms with van der Waals surface area (Å²) in [4.78, 5) is 39.5. The molecule has 10 heteroatoms. The number of piperazine rings is 1. The van der Waals surface area contributed by atoms with E-state index in [9.17, 15) is 19.7 Å². The number of hydrogen-bond acceptors (Lipinski definition) is 7. The SMILES string of the molecule is COc1cc(C(=O)N2CCN(C(=O)CC(C)C)CC2)c([N+](=O)[O-])c(OC)c1OC. The maximum absolute atomic E-state index is 13.1. The van der Waals surface area contributed by atoms with Crippen LogP contribution >= 0.6 is 0 Å². The van der Waals surface area contributed by atoms with Gasteiger partial charge in [0.25, 0.3) is 5.91 Å². The molecule has 0 N–H and O–H groups in total. The predicted octanol–water partition coefficient (Wildman–Crippen LogP) is 1.95. The zero-order chi connectivity index (χ0) is 21.7. The molecule has 1 aliphatic rings. The zero-order valence-electron chi connectivity index (χ0n) is 17.4. The predicted molar refractivity (Wildman–Crippen MR) is 105 cm³/mol. The Labute approximate surface area is 169 Å². The van der Waals surface area contributed by atoms with Crippen molar-refractivity contribution in [3.63, 3.8) is 0 Å².